The van der Waals surface area contributed by atoms with Crippen LogP contribution in [0.4, 0.5) is 13.2 Å². The van der Waals surface area contributed by atoms with Gasteiger partial charge >= 0.3 is 6.18 Å². The predicted octanol–water partition coefficient (Wildman–Crippen LogP) is 3.35. The van der Waals surface area contributed by atoms with Crippen LogP contribution in [0, 0.1) is 17.2 Å². The molecule has 0 amide bonds. The molecule has 0 fully saturated rings. The fourth-order valence-corrected chi connectivity index (χ4v) is 1.67. The average Bonchev–Trinajstić information content (AvgIpc) is 2.25. The molecule has 0 aliphatic carbocycles. The summed E-state index contributed by atoms with van der Waals surface area (Å²) in [6.45, 7) is 1.75. The van der Waals surface area contributed by atoms with Gasteiger partial charge in [-0.1, -0.05) is 0 Å². The van der Waals surface area contributed by atoms with Crippen molar-refractivity contribution >= 4 is 11.8 Å². The zero-order valence-electron chi connectivity index (χ0n) is 8.45. The monoisotopic (exact) mass is 246 g/mol. The maximum absolute atomic E-state index is 12.2. The van der Waals surface area contributed by atoms with E-state index in [1.54, 1.807) is 6.92 Å². The van der Waals surface area contributed by atoms with Gasteiger partial charge in [0, 0.05) is 11.9 Å². The van der Waals surface area contributed by atoms with E-state index >= 15 is 0 Å². The summed E-state index contributed by atoms with van der Waals surface area (Å²) >= 11 is 1.27. The Kier molecular flexibility index (Phi) is 4.19. The second-order valence-electron chi connectivity index (χ2n) is 3.22. The number of pyridine rings is 1. The van der Waals surface area contributed by atoms with Crippen LogP contribution in [-0.2, 0) is 6.18 Å². The molecule has 0 radical (unpaired) electrons. The highest BCUT2D eigenvalue weighted by Crippen LogP contribution is 2.29. The van der Waals surface area contributed by atoms with Crippen molar-refractivity contribution in [1.82, 2.24) is 4.98 Å². The van der Waals surface area contributed by atoms with Gasteiger partial charge in [0.2, 0.25) is 0 Å². The summed E-state index contributed by atoms with van der Waals surface area (Å²) in [6.07, 6.45) is -3.55. The summed E-state index contributed by atoms with van der Waals surface area (Å²) in [5.74, 6) is 0.378. The minimum absolute atomic E-state index is 0.144. The summed E-state index contributed by atoms with van der Waals surface area (Å²) in [5.41, 5.74) is -0.759. The first kappa shape index (κ1) is 12.8. The number of nitriles is 1. The van der Waals surface area contributed by atoms with Crippen molar-refractivity contribution in [2.75, 3.05) is 5.75 Å². The molecule has 2 nitrogen and oxygen atoms in total. The first-order chi connectivity index (χ1) is 7.43. The van der Waals surface area contributed by atoms with E-state index in [0.29, 0.717) is 10.8 Å². The first-order valence-corrected chi connectivity index (χ1v) is 5.47. The van der Waals surface area contributed by atoms with E-state index in [4.69, 9.17) is 5.26 Å². The van der Waals surface area contributed by atoms with Crippen molar-refractivity contribution in [3.05, 3.63) is 23.9 Å². The quantitative estimate of drug-likeness (QED) is 0.767. The molecule has 16 heavy (non-hydrogen) atoms. The smallest absolute Gasteiger partial charge is 0.249 e. The molecule has 0 bridgehead atoms. The molecular formula is C10H9F3N2S. The topological polar surface area (TPSA) is 36.7 Å². The van der Waals surface area contributed by atoms with E-state index in [-0.39, 0.29) is 5.92 Å². The second-order valence-corrected chi connectivity index (χ2v) is 4.26. The number of hydrogen-bond acceptors (Lipinski definition) is 3. The SMILES string of the molecule is CC(C#N)CSc1ccc(C(F)(F)F)cn1. The van der Waals surface area contributed by atoms with E-state index in [2.05, 4.69) is 4.98 Å². The highest BCUT2D eigenvalue weighted by atomic mass is 32.2. The van der Waals surface area contributed by atoms with Crippen LogP contribution in [0.3, 0.4) is 0 Å². The Labute approximate surface area is 95.5 Å². The van der Waals surface area contributed by atoms with Gasteiger partial charge in [-0.05, 0) is 19.1 Å². The van der Waals surface area contributed by atoms with Gasteiger partial charge in [0.25, 0.3) is 0 Å². The van der Waals surface area contributed by atoms with Crippen molar-refractivity contribution in [3.63, 3.8) is 0 Å². The molecule has 0 aliphatic heterocycles. The van der Waals surface area contributed by atoms with Crippen molar-refractivity contribution in [3.8, 4) is 6.07 Å². The molecule has 1 atom stereocenters. The largest absolute Gasteiger partial charge is 0.417 e. The zero-order valence-corrected chi connectivity index (χ0v) is 9.27. The van der Waals surface area contributed by atoms with Crippen LogP contribution < -0.4 is 0 Å². The van der Waals surface area contributed by atoms with Gasteiger partial charge in [-0.25, -0.2) is 4.98 Å². The minimum Gasteiger partial charge on any atom is -0.249 e. The number of alkyl halides is 3. The number of aromatic nitrogens is 1. The predicted molar refractivity (Wildman–Crippen MR) is 54.7 cm³/mol. The molecule has 1 aromatic heterocycles. The summed E-state index contributed by atoms with van der Waals surface area (Å²) in [4.78, 5) is 3.68. The number of rotatable bonds is 3. The Bertz CT molecular complexity index is 381. The summed E-state index contributed by atoms with van der Waals surface area (Å²) in [7, 11) is 0. The van der Waals surface area contributed by atoms with E-state index in [1.165, 1.54) is 17.8 Å². The van der Waals surface area contributed by atoms with Crippen LogP contribution in [0.25, 0.3) is 0 Å². The van der Waals surface area contributed by atoms with Crippen LogP contribution >= 0.6 is 11.8 Å². The van der Waals surface area contributed by atoms with Crippen LogP contribution in [-0.4, -0.2) is 10.7 Å². The summed E-state index contributed by atoms with van der Waals surface area (Å²) < 4.78 is 36.6. The molecule has 0 saturated heterocycles. The Morgan fingerprint density at radius 2 is 2.19 bits per heavy atom. The fraction of sp³-hybridized carbons (Fsp3) is 0.400. The second kappa shape index (κ2) is 5.21. The molecule has 0 aromatic carbocycles. The zero-order chi connectivity index (χ0) is 12.2. The molecule has 86 valence electrons. The van der Waals surface area contributed by atoms with Gasteiger partial charge in [0.1, 0.15) is 0 Å². The molecule has 1 rings (SSSR count). The maximum atomic E-state index is 12.2. The Balaban J connectivity index is 2.63. The van der Waals surface area contributed by atoms with Crippen LogP contribution in [0.15, 0.2) is 23.4 Å². The van der Waals surface area contributed by atoms with E-state index < -0.39 is 11.7 Å². The van der Waals surface area contributed by atoms with E-state index in [1.807, 2.05) is 6.07 Å². The lowest BCUT2D eigenvalue weighted by Crippen LogP contribution is -2.05. The number of nitrogens with zero attached hydrogens (tertiary/aromatic N) is 2. The molecular weight excluding hydrogens is 237 g/mol. The van der Waals surface area contributed by atoms with Gasteiger partial charge < -0.3 is 0 Å². The maximum Gasteiger partial charge on any atom is 0.417 e. The number of thioether (sulfide) groups is 1. The molecule has 0 N–H and O–H groups in total. The van der Waals surface area contributed by atoms with Gasteiger partial charge in [0.05, 0.1) is 22.6 Å². The molecule has 1 heterocycles. The van der Waals surface area contributed by atoms with E-state index in [0.717, 1.165) is 12.3 Å². The van der Waals surface area contributed by atoms with Crippen molar-refractivity contribution < 1.29 is 13.2 Å². The summed E-state index contributed by atoms with van der Waals surface area (Å²) in [6, 6.07) is 4.35. The lowest BCUT2D eigenvalue weighted by molar-refractivity contribution is -0.137. The Morgan fingerprint density at radius 3 is 2.62 bits per heavy atom. The van der Waals surface area contributed by atoms with Gasteiger partial charge in [-0.15, -0.1) is 11.8 Å². The Morgan fingerprint density at radius 1 is 1.50 bits per heavy atom. The summed E-state index contributed by atoms with van der Waals surface area (Å²) in [5, 5.41) is 9.03. The molecule has 1 unspecified atom stereocenters. The van der Waals surface area contributed by atoms with Gasteiger partial charge in [0.15, 0.2) is 0 Å². The van der Waals surface area contributed by atoms with Gasteiger partial charge in [-0.2, -0.15) is 18.4 Å². The normalized spacial score (nSPS) is 13.2. The fourth-order valence-electron chi connectivity index (χ4n) is 0.881. The minimum atomic E-state index is -4.35. The third kappa shape index (κ3) is 3.74. The standard InChI is InChI=1S/C10H9F3N2S/c1-7(4-14)6-16-9-3-2-8(5-15-9)10(11,12)13/h2-3,5,7H,6H2,1H3. The number of hydrogen-bond donors (Lipinski definition) is 0. The molecule has 0 spiro atoms. The van der Waals surface area contributed by atoms with Crippen LogP contribution in [0.1, 0.15) is 12.5 Å². The van der Waals surface area contributed by atoms with Crippen molar-refractivity contribution in [2.24, 2.45) is 5.92 Å². The Hall–Kier alpha value is -1.22. The highest BCUT2D eigenvalue weighted by Gasteiger charge is 2.30. The van der Waals surface area contributed by atoms with Gasteiger partial charge in [-0.3, -0.25) is 0 Å². The third-order valence-electron chi connectivity index (χ3n) is 1.77. The van der Waals surface area contributed by atoms with Crippen LogP contribution in [0.5, 0.6) is 0 Å². The van der Waals surface area contributed by atoms with Crippen LogP contribution in [0.2, 0.25) is 0 Å². The molecule has 0 saturated carbocycles. The molecule has 1 aromatic rings. The molecule has 0 aliphatic rings. The average molecular weight is 246 g/mol. The van der Waals surface area contributed by atoms with Crippen molar-refractivity contribution in [2.45, 2.75) is 18.1 Å². The lowest BCUT2D eigenvalue weighted by atomic mass is 10.3. The first-order valence-electron chi connectivity index (χ1n) is 4.49. The third-order valence-corrected chi connectivity index (χ3v) is 2.97. The molecule has 6 heteroatoms. The lowest BCUT2D eigenvalue weighted by Gasteiger charge is -2.06. The van der Waals surface area contributed by atoms with E-state index in [9.17, 15) is 13.2 Å². The number of halogens is 3. The van der Waals surface area contributed by atoms with Crippen molar-refractivity contribution in [1.29, 1.82) is 5.26 Å². The highest BCUT2D eigenvalue weighted by molar-refractivity contribution is 7.99.